The first-order valence-electron chi connectivity index (χ1n) is 7.72. The predicted molar refractivity (Wildman–Crippen MR) is 106 cm³/mol. The molecule has 0 amide bonds. The summed E-state index contributed by atoms with van der Waals surface area (Å²) in [6.45, 7) is 0. The Morgan fingerprint density at radius 2 is 1.56 bits per heavy atom. The summed E-state index contributed by atoms with van der Waals surface area (Å²) in [4.78, 5) is 0.634. The van der Waals surface area contributed by atoms with E-state index in [1.54, 1.807) is 30.3 Å². The molecule has 0 aliphatic rings. The van der Waals surface area contributed by atoms with Crippen molar-refractivity contribution < 1.29 is 17.2 Å². The number of anilines is 1. The molecule has 8 heteroatoms. The molecular weight excluding hydrogens is 412 g/mol. The summed E-state index contributed by atoms with van der Waals surface area (Å²) in [5.74, 6) is -1.59. The molecule has 3 nitrogen and oxygen atoms in total. The highest BCUT2D eigenvalue weighted by Gasteiger charge is 2.15. The minimum absolute atomic E-state index is 0.118. The molecule has 0 aliphatic heterocycles. The maximum absolute atomic E-state index is 14.2. The minimum Gasteiger partial charge on any atom is -0.298 e. The molecule has 3 aromatic carbocycles. The highest BCUT2D eigenvalue weighted by atomic mass is 35.5. The molecule has 0 aliphatic carbocycles. The molecule has 0 heterocycles. The largest absolute Gasteiger partial charge is 0.298 e. The van der Waals surface area contributed by atoms with Crippen LogP contribution in [0.15, 0.2) is 70.5 Å². The van der Waals surface area contributed by atoms with Gasteiger partial charge in [0.15, 0.2) is 0 Å². The normalized spacial score (nSPS) is 13.2. The fraction of sp³-hybridized carbons (Fsp3) is 0.0526. The lowest BCUT2D eigenvalue weighted by Gasteiger charge is -2.11. The second-order valence-electron chi connectivity index (χ2n) is 5.63. The number of rotatable bonds is 5. The number of hydrogen-bond donors (Lipinski definition) is 1. The Morgan fingerprint density at radius 1 is 0.889 bits per heavy atom. The van der Waals surface area contributed by atoms with Crippen LogP contribution in [-0.2, 0) is 21.8 Å². The van der Waals surface area contributed by atoms with Crippen molar-refractivity contribution in [2.24, 2.45) is 0 Å². The average molecular weight is 426 g/mol. The van der Waals surface area contributed by atoms with Gasteiger partial charge in [-0.15, -0.1) is 0 Å². The van der Waals surface area contributed by atoms with Gasteiger partial charge in [-0.25, -0.2) is 13.0 Å². The molecule has 0 saturated heterocycles. The Labute approximate surface area is 165 Å². The first-order valence-corrected chi connectivity index (χ1v) is 10.8. The number of nitrogens with one attached hydrogen (secondary N) is 1. The molecule has 0 fully saturated rings. The van der Waals surface area contributed by atoms with E-state index in [4.69, 9.17) is 11.6 Å². The van der Waals surface area contributed by atoms with Crippen molar-refractivity contribution in [2.45, 2.75) is 9.79 Å². The highest BCUT2D eigenvalue weighted by molar-refractivity contribution is 7.86. The fourth-order valence-corrected chi connectivity index (χ4v) is 4.40. The van der Waals surface area contributed by atoms with Crippen LogP contribution in [0.2, 0.25) is 5.02 Å². The van der Waals surface area contributed by atoms with Crippen molar-refractivity contribution in [1.29, 1.82) is 0 Å². The zero-order chi connectivity index (χ0) is 19.6. The minimum atomic E-state index is -1.88. The number of hydrogen-bond acceptors (Lipinski definition) is 2. The van der Waals surface area contributed by atoms with Crippen molar-refractivity contribution >= 4 is 39.1 Å². The molecule has 0 bridgehead atoms. The monoisotopic (exact) mass is 425 g/mol. The summed E-state index contributed by atoms with van der Waals surface area (Å²) in [7, 11) is -3.20. The lowest BCUT2D eigenvalue weighted by molar-refractivity contribution is 0.588. The maximum atomic E-state index is 14.2. The number of benzene rings is 3. The van der Waals surface area contributed by atoms with Crippen molar-refractivity contribution in [3.8, 4) is 11.1 Å². The van der Waals surface area contributed by atoms with Gasteiger partial charge in [0.2, 0.25) is 0 Å². The lowest BCUT2D eigenvalue weighted by atomic mass is 10.0. The molecule has 3 aromatic rings. The third-order valence-corrected chi connectivity index (χ3v) is 5.92. The van der Waals surface area contributed by atoms with Crippen LogP contribution in [0.3, 0.4) is 0 Å². The summed E-state index contributed by atoms with van der Waals surface area (Å²) < 4.78 is 55.2. The molecule has 140 valence electrons. The van der Waals surface area contributed by atoms with Crippen molar-refractivity contribution in [2.75, 3.05) is 11.0 Å². The van der Waals surface area contributed by atoms with E-state index in [-0.39, 0.29) is 21.2 Å². The molecule has 2 atom stereocenters. The van der Waals surface area contributed by atoms with Crippen LogP contribution in [0, 0.1) is 11.6 Å². The van der Waals surface area contributed by atoms with Crippen LogP contribution >= 0.6 is 11.6 Å². The topological polar surface area (TPSA) is 46.2 Å². The Morgan fingerprint density at radius 3 is 2.22 bits per heavy atom. The zero-order valence-corrected chi connectivity index (χ0v) is 16.4. The second-order valence-corrected chi connectivity index (χ2v) is 8.65. The summed E-state index contributed by atoms with van der Waals surface area (Å²) >= 11 is 5.98. The summed E-state index contributed by atoms with van der Waals surface area (Å²) in [6.07, 6.45) is 1.47. The predicted octanol–water partition coefficient (Wildman–Crippen LogP) is 5.16. The summed E-state index contributed by atoms with van der Waals surface area (Å²) in [5.41, 5.74) is 0.626. The maximum Gasteiger partial charge on any atom is 0.150 e. The van der Waals surface area contributed by atoms with Gasteiger partial charge in [-0.1, -0.05) is 41.9 Å². The van der Waals surface area contributed by atoms with E-state index in [9.17, 15) is 17.2 Å². The van der Waals surface area contributed by atoms with Gasteiger partial charge < -0.3 is 0 Å². The average Bonchev–Trinajstić information content (AvgIpc) is 2.64. The molecule has 0 radical (unpaired) electrons. The fourth-order valence-electron chi connectivity index (χ4n) is 2.43. The lowest BCUT2D eigenvalue weighted by Crippen LogP contribution is -2.08. The van der Waals surface area contributed by atoms with Gasteiger partial charge in [-0.2, -0.15) is 0 Å². The van der Waals surface area contributed by atoms with Gasteiger partial charge in [0.25, 0.3) is 0 Å². The first-order chi connectivity index (χ1) is 12.8. The van der Waals surface area contributed by atoms with Crippen molar-refractivity contribution in [3.63, 3.8) is 0 Å². The van der Waals surface area contributed by atoms with Crippen LogP contribution in [0.1, 0.15) is 0 Å². The molecule has 2 unspecified atom stereocenters. The zero-order valence-electron chi connectivity index (χ0n) is 14.0. The third-order valence-electron chi connectivity index (χ3n) is 3.73. The molecular formula is C19H14ClF2NO2S2. The van der Waals surface area contributed by atoms with Crippen LogP contribution in [0.5, 0.6) is 0 Å². The Balaban J connectivity index is 1.96. The van der Waals surface area contributed by atoms with E-state index in [0.717, 1.165) is 6.07 Å². The summed E-state index contributed by atoms with van der Waals surface area (Å²) in [5, 5.41) is 0.261. The van der Waals surface area contributed by atoms with Gasteiger partial charge >= 0.3 is 0 Å². The van der Waals surface area contributed by atoms with Gasteiger partial charge in [-0.05, 0) is 29.8 Å². The Bertz CT molecular complexity index is 1050. The smallest absolute Gasteiger partial charge is 0.150 e. The van der Waals surface area contributed by atoms with E-state index in [1.807, 2.05) is 0 Å². The molecule has 0 aromatic heterocycles. The molecule has 0 saturated carbocycles. The van der Waals surface area contributed by atoms with Gasteiger partial charge in [0.05, 0.1) is 10.6 Å². The van der Waals surface area contributed by atoms with Crippen molar-refractivity contribution in [1.82, 2.24) is 0 Å². The van der Waals surface area contributed by atoms with Crippen LogP contribution in [-0.4, -0.2) is 14.7 Å². The van der Waals surface area contributed by atoms with Crippen LogP contribution in [0.25, 0.3) is 11.1 Å². The first kappa shape index (κ1) is 19.7. The van der Waals surface area contributed by atoms with Gasteiger partial charge in [0.1, 0.15) is 22.6 Å². The van der Waals surface area contributed by atoms with Crippen LogP contribution < -0.4 is 4.72 Å². The molecule has 0 spiro atoms. The standard InChI is InChI=1S/C19H14ClF2NO2S2/c1-26(24)14-7-13(20)8-15(9-14)27(25)23-19-10-16(17(21)11-18(19)22)12-5-3-2-4-6-12/h2-11,23H,1H3. The number of halogens is 3. The molecule has 27 heavy (non-hydrogen) atoms. The molecule has 3 rings (SSSR count). The SMILES string of the molecule is CS(=O)c1cc(Cl)cc(S(=O)Nc2cc(-c3ccccc3)c(F)cc2F)c1. The van der Waals surface area contributed by atoms with E-state index in [1.165, 1.54) is 30.5 Å². The Hall–Kier alpha value is -2.09. The summed E-state index contributed by atoms with van der Waals surface area (Å²) in [6, 6.07) is 15.0. The van der Waals surface area contributed by atoms with E-state index in [2.05, 4.69) is 4.72 Å². The van der Waals surface area contributed by atoms with Crippen molar-refractivity contribution in [3.05, 3.63) is 77.3 Å². The third kappa shape index (κ3) is 4.61. The second kappa shape index (κ2) is 8.29. The highest BCUT2D eigenvalue weighted by Crippen LogP contribution is 2.29. The van der Waals surface area contributed by atoms with Crippen LogP contribution in [0.4, 0.5) is 14.5 Å². The van der Waals surface area contributed by atoms with E-state index >= 15 is 0 Å². The quantitative estimate of drug-likeness (QED) is 0.614. The van der Waals surface area contributed by atoms with Gasteiger partial charge in [-0.3, -0.25) is 8.93 Å². The van der Waals surface area contributed by atoms with E-state index in [0.29, 0.717) is 10.5 Å². The molecule has 1 N–H and O–H groups in total. The van der Waals surface area contributed by atoms with Gasteiger partial charge in [0, 0.05) is 38.6 Å². The Kier molecular flexibility index (Phi) is 6.04. The van der Waals surface area contributed by atoms with E-state index < -0.39 is 33.4 Å².